The van der Waals surface area contributed by atoms with Crippen molar-refractivity contribution in [3.05, 3.63) is 21.4 Å². The van der Waals surface area contributed by atoms with E-state index in [1.54, 1.807) is 11.3 Å². The van der Waals surface area contributed by atoms with Crippen molar-refractivity contribution in [2.45, 2.75) is 46.0 Å². The Kier molecular flexibility index (Phi) is 2.67. The number of hydrogen-bond acceptors (Lipinski definition) is 2. The van der Waals surface area contributed by atoms with Crippen LogP contribution >= 0.6 is 11.3 Å². The number of carbonyl (C=O) groups excluding carboxylic acids is 1. The second-order valence-electron chi connectivity index (χ2n) is 7.15. The molecular weight excluding hydrogens is 252 g/mol. The number of thiophene rings is 1. The number of carbonyl (C=O) groups is 1. The monoisotopic (exact) mass is 274 g/mol. The molecule has 4 saturated carbocycles. The molecule has 0 radical (unpaired) electrons. The zero-order valence-corrected chi connectivity index (χ0v) is 12.6. The van der Waals surface area contributed by atoms with Gasteiger partial charge >= 0.3 is 0 Å². The van der Waals surface area contributed by atoms with Gasteiger partial charge in [0, 0.05) is 21.2 Å². The second-order valence-corrected chi connectivity index (χ2v) is 8.61. The minimum Gasteiger partial charge on any atom is -0.294 e. The Balaban J connectivity index is 1.65. The Bertz CT molecular complexity index is 499. The smallest absolute Gasteiger partial charge is 0.167 e. The normalized spacial score (nSPS) is 39.8. The fourth-order valence-electron chi connectivity index (χ4n) is 5.41. The lowest BCUT2D eigenvalue weighted by molar-refractivity contribution is -0.0251. The largest absolute Gasteiger partial charge is 0.294 e. The lowest BCUT2D eigenvalue weighted by Gasteiger charge is -2.53. The van der Waals surface area contributed by atoms with Crippen LogP contribution in [-0.4, -0.2) is 5.78 Å². The maximum absolute atomic E-state index is 13.0. The van der Waals surface area contributed by atoms with Crippen LogP contribution in [0.4, 0.5) is 0 Å². The number of aryl methyl sites for hydroxylation is 2. The van der Waals surface area contributed by atoms with E-state index in [0.29, 0.717) is 23.5 Å². The SMILES string of the molecule is Cc1cc(C(=O)C2C3CC4CC(C3)CC2C4)c(C)s1. The van der Waals surface area contributed by atoms with Gasteiger partial charge in [-0.25, -0.2) is 0 Å². The van der Waals surface area contributed by atoms with Gasteiger partial charge in [0.25, 0.3) is 0 Å². The fraction of sp³-hybridized carbons (Fsp3) is 0.706. The third-order valence-electron chi connectivity index (χ3n) is 5.84. The highest BCUT2D eigenvalue weighted by molar-refractivity contribution is 7.12. The molecule has 5 rings (SSSR count). The first-order valence-corrected chi connectivity index (χ1v) is 8.54. The minimum atomic E-state index is 0.362. The molecule has 1 heterocycles. The molecule has 102 valence electrons. The average Bonchev–Trinajstić information content (AvgIpc) is 2.66. The predicted octanol–water partition coefficient (Wildman–Crippen LogP) is 4.62. The lowest BCUT2D eigenvalue weighted by Crippen LogP contribution is -2.48. The summed E-state index contributed by atoms with van der Waals surface area (Å²) in [6, 6.07) is 2.13. The number of hydrogen-bond donors (Lipinski definition) is 0. The van der Waals surface area contributed by atoms with Crippen LogP contribution in [0.5, 0.6) is 0 Å². The van der Waals surface area contributed by atoms with Crippen LogP contribution < -0.4 is 0 Å². The van der Waals surface area contributed by atoms with Crippen LogP contribution in [0.2, 0.25) is 0 Å². The molecule has 0 atom stereocenters. The molecule has 0 unspecified atom stereocenters. The number of rotatable bonds is 2. The minimum absolute atomic E-state index is 0.362. The van der Waals surface area contributed by atoms with E-state index < -0.39 is 0 Å². The lowest BCUT2D eigenvalue weighted by atomic mass is 9.51. The van der Waals surface area contributed by atoms with Gasteiger partial charge in [-0.15, -0.1) is 11.3 Å². The van der Waals surface area contributed by atoms with Crippen molar-refractivity contribution in [2.24, 2.45) is 29.6 Å². The quantitative estimate of drug-likeness (QED) is 0.719. The van der Waals surface area contributed by atoms with Crippen molar-refractivity contribution >= 4 is 17.1 Å². The zero-order chi connectivity index (χ0) is 13.1. The first-order chi connectivity index (χ1) is 9.11. The number of ketones is 1. The Morgan fingerprint density at radius 3 is 2.11 bits per heavy atom. The molecule has 4 fully saturated rings. The molecule has 1 aromatic heterocycles. The molecule has 1 aromatic rings. The fourth-order valence-corrected chi connectivity index (χ4v) is 6.34. The van der Waals surface area contributed by atoms with Gasteiger partial charge in [-0.1, -0.05) is 0 Å². The van der Waals surface area contributed by atoms with Gasteiger partial charge in [0.2, 0.25) is 0 Å². The van der Waals surface area contributed by atoms with E-state index in [4.69, 9.17) is 0 Å². The summed E-state index contributed by atoms with van der Waals surface area (Å²) in [6.07, 6.45) is 6.82. The Labute approximate surface area is 119 Å². The van der Waals surface area contributed by atoms with Crippen molar-refractivity contribution in [1.29, 1.82) is 0 Å². The van der Waals surface area contributed by atoms with E-state index in [1.165, 1.54) is 41.9 Å². The molecule has 1 nitrogen and oxygen atoms in total. The molecular formula is C17H22OS. The first-order valence-electron chi connectivity index (χ1n) is 7.73. The Morgan fingerprint density at radius 1 is 1.05 bits per heavy atom. The summed E-state index contributed by atoms with van der Waals surface area (Å²) < 4.78 is 0. The summed E-state index contributed by atoms with van der Waals surface area (Å²) in [4.78, 5) is 15.5. The highest BCUT2D eigenvalue weighted by Gasteiger charge is 2.50. The highest BCUT2D eigenvalue weighted by atomic mass is 32.1. The van der Waals surface area contributed by atoms with Gasteiger partial charge in [0.05, 0.1) is 0 Å². The van der Waals surface area contributed by atoms with Crippen molar-refractivity contribution < 1.29 is 4.79 Å². The van der Waals surface area contributed by atoms with Gasteiger partial charge in [-0.3, -0.25) is 4.79 Å². The van der Waals surface area contributed by atoms with Crippen molar-refractivity contribution in [3.63, 3.8) is 0 Å². The zero-order valence-electron chi connectivity index (χ0n) is 11.8. The summed E-state index contributed by atoms with van der Waals surface area (Å²) in [7, 11) is 0. The van der Waals surface area contributed by atoms with Crippen LogP contribution in [0.15, 0.2) is 6.07 Å². The molecule has 0 N–H and O–H groups in total. The van der Waals surface area contributed by atoms with Gasteiger partial charge in [-0.2, -0.15) is 0 Å². The molecule has 19 heavy (non-hydrogen) atoms. The van der Waals surface area contributed by atoms with Crippen LogP contribution in [0, 0.1) is 43.4 Å². The third kappa shape index (κ3) is 1.83. The molecule has 0 aromatic carbocycles. The van der Waals surface area contributed by atoms with Crippen molar-refractivity contribution in [1.82, 2.24) is 0 Å². The van der Waals surface area contributed by atoms with Crippen molar-refractivity contribution in [2.75, 3.05) is 0 Å². The van der Waals surface area contributed by atoms with E-state index in [9.17, 15) is 4.79 Å². The van der Waals surface area contributed by atoms with Crippen LogP contribution in [0.3, 0.4) is 0 Å². The van der Waals surface area contributed by atoms with Gasteiger partial charge in [-0.05, 0) is 75.7 Å². The molecule has 4 bridgehead atoms. The topological polar surface area (TPSA) is 17.1 Å². The first kappa shape index (κ1) is 12.1. The average molecular weight is 274 g/mol. The van der Waals surface area contributed by atoms with Crippen LogP contribution in [0.1, 0.15) is 52.2 Å². The Hall–Kier alpha value is -0.630. The molecule has 4 aliphatic carbocycles. The maximum atomic E-state index is 13.0. The standard InChI is InChI=1S/C17H22OS/c1-9-3-15(10(2)19-9)17(18)16-13-5-11-4-12(7-13)8-14(16)6-11/h3,11-14,16H,4-8H2,1-2H3. The summed E-state index contributed by atoms with van der Waals surface area (Å²) in [5.41, 5.74) is 1.04. The molecule has 0 aliphatic heterocycles. The molecule has 0 amide bonds. The second kappa shape index (κ2) is 4.18. The van der Waals surface area contributed by atoms with Crippen LogP contribution in [-0.2, 0) is 0 Å². The Morgan fingerprint density at radius 2 is 1.63 bits per heavy atom. The molecule has 0 saturated heterocycles. The van der Waals surface area contributed by atoms with E-state index in [1.807, 2.05) is 0 Å². The predicted molar refractivity (Wildman–Crippen MR) is 78.7 cm³/mol. The van der Waals surface area contributed by atoms with E-state index >= 15 is 0 Å². The van der Waals surface area contributed by atoms with Gasteiger partial charge in [0.15, 0.2) is 5.78 Å². The summed E-state index contributed by atoms with van der Waals surface area (Å²) in [5.74, 6) is 4.18. The maximum Gasteiger partial charge on any atom is 0.167 e. The van der Waals surface area contributed by atoms with E-state index in [-0.39, 0.29) is 0 Å². The molecule has 2 heteroatoms. The van der Waals surface area contributed by atoms with Crippen LogP contribution in [0.25, 0.3) is 0 Å². The third-order valence-corrected chi connectivity index (χ3v) is 6.80. The molecule has 4 aliphatic rings. The van der Waals surface area contributed by atoms with E-state index in [2.05, 4.69) is 19.9 Å². The highest BCUT2D eigenvalue weighted by Crippen LogP contribution is 2.57. The molecule has 0 spiro atoms. The van der Waals surface area contributed by atoms with E-state index in [0.717, 1.165) is 17.4 Å². The van der Waals surface area contributed by atoms with Gasteiger partial charge < -0.3 is 0 Å². The summed E-state index contributed by atoms with van der Waals surface area (Å²) >= 11 is 1.78. The summed E-state index contributed by atoms with van der Waals surface area (Å²) in [6.45, 7) is 4.23. The van der Waals surface area contributed by atoms with Gasteiger partial charge in [0.1, 0.15) is 0 Å². The number of Topliss-reactive ketones (excluding diaryl/α,β-unsaturated/α-hetero) is 1. The summed E-state index contributed by atoms with van der Waals surface area (Å²) in [5, 5.41) is 0. The van der Waals surface area contributed by atoms with Crippen molar-refractivity contribution in [3.8, 4) is 0 Å².